The molecule has 0 saturated heterocycles. The highest BCUT2D eigenvalue weighted by molar-refractivity contribution is 6.31. The molecule has 2 amide bonds. The number of amides is 2. The van der Waals surface area contributed by atoms with Gasteiger partial charge in [-0.2, -0.15) is 0 Å². The van der Waals surface area contributed by atoms with Crippen molar-refractivity contribution in [2.24, 2.45) is 0 Å². The van der Waals surface area contributed by atoms with E-state index in [4.69, 9.17) is 16.3 Å². The summed E-state index contributed by atoms with van der Waals surface area (Å²) in [7, 11) is 1.58. The highest BCUT2D eigenvalue weighted by Gasteiger charge is 2.30. The van der Waals surface area contributed by atoms with Crippen molar-refractivity contribution < 1.29 is 18.7 Å². The molecule has 0 heterocycles. The van der Waals surface area contributed by atoms with Crippen molar-refractivity contribution in [3.05, 3.63) is 64.4 Å². The van der Waals surface area contributed by atoms with Gasteiger partial charge in [-0.05, 0) is 49.6 Å². The number of carbonyl (C=O) groups excluding carboxylic acids is 2. The van der Waals surface area contributed by atoms with Crippen LogP contribution in [-0.2, 0) is 22.6 Å². The first kappa shape index (κ1) is 24.7. The Bertz CT molecular complexity index is 869. The van der Waals surface area contributed by atoms with Crippen molar-refractivity contribution in [1.29, 1.82) is 0 Å². The lowest BCUT2D eigenvalue weighted by molar-refractivity contribution is -0.141. The van der Waals surface area contributed by atoms with Gasteiger partial charge in [0.1, 0.15) is 17.6 Å². The molecule has 5 nitrogen and oxygen atoms in total. The van der Waals surface area contributed by atoms with Gasteiger partial charge in [-0.1, -0.05) is 43.6 Å². The quantitative estimate of drug-likeness (QED) is 0.570. The Balaban J connectivity index is 2.34. The van der Waals surface area contributed by atoms with Crippen molar-refractivity contribution >= 4 is 23.4 Å². The van der Waals surface area contributed by atoms with E-state index in [9.17, 15) is 14.0 Å². The van der Waals surface area contributed by atoms with Crippen LogP contribution in [0, 0.1) is 5.82 Å². The predicted molar refractivity (Wildman–Crippen MR) is 121 cm³/mol. The Morgan fingerprint density at radius 1 is 1.13 bits per heavy atom. The standard InChI is InChI=1S/C24H30ClFN2O3/c1-5-16(3)27-24(30)22(6-2)28(15-17-10-12-18(31-4)13-11-17)23(29)14-19-20(25)8-7-9-21(19)26/h7-13,16,22H,5-6,14-15H2,1-4H3,(H,27,30). The molecule has 0 bridgehead atoms. The predicted octanol–water partition coefficient (Wildman–Crippen LogP) is 4.75. The van der Waals surface area contributed by atoms with E-state index in [1.165, 1.54) is 17.0 Å². The van der Waals surface area contributed by atoms with Gasteiger partial charge in [0.2, 0.25) is 11.8 Å². The largest absolute Gasteiger partial charge is 0.497 e. The van der Waals surface area contributed by atoms with E-state index >= 15 is 0 Å². The van der Waals surface area contributed by atoms with Crippen molar-refractivity contribution in [3.8, 4) is 5.75 Å². The van der Waals surface area contributed by atoms with Gasteiger partial charge in [0.25, 0.3) is 0 Å². The molecule has 0 aromatic heterocycles. The van der Waals surface area contributed by atoms with Crippen LogP contribution in [0.2, 0.25) is 5.02 Å². The minimum atomic E-state index is -0.686. The van der Waals surface area contributed by atoms with Crippen LogP contribution >= 0.6 is 11.6 Å². The summed E-state index contributed by atoms with van der Waals surface area (Å²) >= 11 is 6.13. The fourth-order valence-corrected chi connectivity index (χ4v) is 3.47. The van der Waals surface area contributed by atoms with E-state index in [1.807, 2.05) is 32.9 Å². The fraction of sp³-hybridized carbons (Fsp3) is 0.417. The second kappa shape index (κ2) is 11.7. The topological polar surface area (TPSA) is 58.6 Å². The lowest BCUT2D eigenvalue weighted by atomic mass is 10.1. The van der Waals surface area contributed by atoms with Crippen LogP contribution in [0.4, 0.5) is 4.39 Å². The highest BCUT2D eigenvalue weighted by atomic mass is 35.5. The molecular weight excluding hydrogens is 419 g/mol. The first-order chi connectivity index (χ1) is 14.8. The molecule has 1 N–H and O–H groups in total. The summed E-state index contributed by atoms with van der Waals surface area (Å²) in [5.74, 6) is -0.434. The maximum absolute atomic E-state index is 14.3. The summed E-state index contributed by atoms with van der Waals surface area (Å²) in [6.45, 7) is 5.96. The van der Waals surface area contributed by atoms with Crippen LogP contribution in [0.1, 0.15) is 44.7 Å². The number of nitrogens with one attached hydrogen (secondary N) is 1. The van der Waals surface area contributed by atoms with Gasteiger partial charge in [-0.3, -0.25) is 9.59 Å². The summed E-state index contributed by atoms with van der Waals surface area (Å²) in [5, 5.41) is 3.14. The van der Waals surface area contributed by atoms with Crippen molar-refractivity contribution in [1.82, 2.24) is 10.2 Å². The van der Waals surface area contributed by atoms with Gasteiger partial charge in [-0.15, -0.1) is 0 Å². The molecule has 7 heteroatoms. The Labute approximate surface area is 188 Å². The summed E-state index contributed by atoms with van der Waals surface area (Å²) in [5.41, 5.74) is 0.967. The number of methoxy groups -OCH3 is 1. The average Bonchev–Trinajstić information content (AvgIpc) is 2.76. The number of ether oxygens (including phenoxy) is 1. The average molecular weight is 449 g/mol. The zero-order valence-electron chi connectivity index (χ0n) is 18.5. The lowest BCUT2D eigenvalue weighted by Gasteiger charge is -2.31. The number of benzene rings is 2. The third-order valence-corrected chi connectivity index (χ3v) is 5.64. The minimum Gasteiger partial charge on any atom is -0.497 e. The normalized spacial score (nSPS) is 12.7. The fourth-order valence-electron chi connectivity index (χ4n) is 3.24. The molecule has 2 unspecified atom stereocenters. The molecule has 0 spiro atoms. The summed E-state index contributed by atoms with van der Waals surface area (Å²) < 4.78 is 19.5. The molecule has 2 rings (SSSR count). The second-order valence-electron chi connectivity index (χ2n) is 7.49. The van der Waals surface area contributed by atoms with Crippen LogP contribution in [0.5, 0.6) is 5.75 Å². The molecule has 0 aliphatic carbocycles. The molecule has 0 fully saturated rings. The molecule has 2 aromatic rings. The number of rotatable bonds is 10. The number of hydrogen-bond donors (Lipinski definition) is 1. The Morgan fingerprint density at radius 2 is 1.81 bits per heavy atom. The molecule has 0 aliphatic rings. The molecule has 0 saturated carbocycles. The number of nitrogens with zero attached hydrogens (tertiary/aromatic N) is 1. The zero-order valence-corrected chi connectivity index (χ0v) is 19.2. The molecule has 168 valence electrons. The van der Waals surface area contributed by atoms with Crippen molar-refractivity contribution in [2.45, 2.75) is 58.7 Å². The Hall–Kier alpha value is -2.60. The molecule has 2 aromatic carbocycles. The van der Waals surface area contributed by atoms with Gasteiger partial charge in [0.15, 0.2) is 0 Å². The molecular formula is C24H30ClFN2O3. The van der Waals surface area contributed by atoms with E-state index in [-0.39, 0.29) is 41.4 Å². The van der Waals surface area contributed by atoms with Crippen LogP contribution in [0.3, 0.4) is 0 Å². The van der Waals surface area contributed by atoms with E-state index in [0.29, 0.717) is 12.2 Å². The smallest absolute Gasteiger partial charge is 0.243 e. The van der Waals surface area contributed by atoms with Crippen LogP contribution in [0.25, 0.3) is 0 Å². The van der Waals surface area contributed by atoms with Gasteiger partial charge >= 0.3 is 0 Å². The monoisotopic (exact) mass is 448 g/mol. The molecule has 31 heavy (non-hydrogen) atoms. The third kappa shape index (κ3) is 6.69. The lowest BCUT2D eigenvalue weighted by Crippen LogP contribution is -2.51. The SMILES string of the molecule is CCC(C)NC(=O)C(CC)N(Cc1ccc(OC)cc1)C(=O)Cc1c(F)cccc1Cl. The summed E-state index contributed by atoms with van der Waals surface area (Å²) in [4.78, 5) is 27.7. The Morgan fingerprint density at radius 3 is 2.35 bits per heavy atom. The maximum Gasteiger partial charge on any atom is 0.243 e. The van der Waals surface area contributed by atoms with Crippen LogP contribution < -0.4 is 10.1 Å². The third-order valence-electron chi connectivity index (χ3n) is 5.29. The van der Waals surface area contributed by atoms with Crippen LogP contribution in [-0.4, -0.2) is 35.9 Å². The van der Waals surface area contributed by atoms with E-state index in [1.54, 1.807) is 25.3 Å². The Kier molecular flexibility index (Phi) is 9.31. The maximum atomic E-state index is 14.3. The van der Waals surface area contributed by atoms with Gasteiger partial charge < -0.3 is 15.0 Å². The minimum absolute atomic E-state index is 0.0134. The van der Waals surface area contributed by atoms with Gasteiger partial charge in [0, 0.05) is 23.2 Å². The first-order valence-electron chi connectivity index (χ1n) is 10.5. The van der Waals surface area contributed by atoms with E-state index < -0.39 is 11.9 Å². The van der Waals surface area contributed by atoms with Gasteiger partial charge in [-0.25, -0.2) is 4.39 Å². The summed E-state index contributed by atoms with van der Waals surface area (Å²) in [6.07, 6.45) is 0.976. The molecule has 0 radical (unpaired) electrons. The number of hydrogen-bond acceptors (Lipinski definition) is 3. The van der Waals surface area contributed by atoms with E-state index in [2.05, 4.69) is 5.32 Å². The molecule has 2 atom stereocenters. The second-order valence-corrected chi connectivity index (χ2v) is 7.90. The zero-order chi connectivity index (χ0) is 23.0. The van der Waals surface area contributed by atoms with Crippen molar-refractivity contribution in [2.75, 3.05) is 7.11 Å². The highest BCUT2D eigenvalue weighted by Crippen LogP contribution is 2.22. The number of carbonyl (C=O) groups is 2. The first-order valence-corrected chi connectivity index (χ1v) is 10.8. The van der Waals surface area contributed by atoms with Gasteiger partial charge in [0.05, 0.1) is 13.5 Å². The number of halogens is 2. The summed E-state index contributed by atoms with van der Waals surface area (Å²) in [6, 6.07) is 10.9. The molecule has 0 aliphatic heterocycles. The van der Waals surface area contributed by atoms with Crippen molar-refractivity contribution in [3.63, 3.8) is 0 Å². The van der Waals surface area contributed by atoms with Crippen LogP contribution in [0.15, 0.2) is 42.5 Å². The van der Waals surface area contributed by atoms with E-state index in [0.717, 1.165) is 12.0 Å².